The molecule has 0 bridgehead atoms. The van der Waals surface area contributed by atoms with Crippen molar-refractivity contribution in [2.24, 2.45) is 0 Å². The Morgan fingerprint density at radius 3 is 3.07 bits per heavy atom. The fourth-order valence-electron chi connectivity index (χ4n) is 1.13. The van der Waals surface area contributed by atoms with Crippen molar-refractivity contribution in [3.63, 3.8) is 0 Å². The Morgan fingerprint density at radius 2 is 2.43 bits per heavy atom. The maximum absolute atomic E-state index is 4.92. The van der Waals surface area contributed by atoms with E-state index < -0.39 is 0 Å². The number of methoxy groups -OCH3 is 1. The van der Waals surface area contributed by atoms with Crippen molar-refractivity contribution >= 4 is 15.9 Å². The molecule has 0 unspecified atom stereocenters. The molecule has 0 atom stereocenters. The Hall–Kier alpha value is -0.390. The molecule has 5 heteroatoms. The highest BCUT2D eigenvalue weighted by molar-refractivity contribution is 9.10. The summed E-state index contributed by atoms with van der Waals surface area (Å²) in [6.45, 7) is 3.64. The number of aromatic nitrogens is 2. The van der Waals surface area contributed by atoms with E-state index in [0.717, 1.165) is 37.1 Å². The Morgan fingerprint density at radius 1 is 1.57 bits per heavy atom. The molecule has 0 saturated carbocycles. The molecule has 80 valence electrons. The van der Waals surface area contributed by atoms with Crippen molar-refractivity contribution in [3.05, 3.63) is 16.9 Å². The predicted molar refractivity (Wildman–Crippen MR) is 59.3 cm³/mol. The van der Waals surface area contributed by atoms with E-state index in [2.05, 4.69) is 26.3 Å². The molecule has 0 fully saturated rings. The average molecular weight is 262 g/mol. The van der Waals surface area contributed by atoms with Crippen LogP contribution in [0.3, 0.4) is 0 Å². The van der Waals surface area contributed by atoms with Gasteiger partial charge < -0.3 is 10.1 Å². The van der Waals surface area contributed by atoms with Gasteiger partial charge in [0.2, 0.25) is 0 Å². The van der Waals surface area contributed by atoms with Crippen molar-refractivity contribution in [1.29, 1.82) is 0 Å². The number of aryl methyl sites for hydroxylation is 1. The van der Waals surface area contributed by atoms with E-state index in [4.69, 9.17) is 4.74 Å². The summed E-state index contributed by atoms with van der Waals surface area (Å²) in [7, 11) is 1.71. The first-order chi connectivity index (χ1) is 6.83. The van der Waals surface area contributed by atoms with Crippen LogP contribution >= 0.6 is 15.9 Å². The molecule has 0 aliphatic heterocycles. The quantitative estimate of drug-likeness (QED) is 0.752. The molecule has 1 aromatic rings. The normalized spacial score (nSPS) is 10.7. The van der Waals surface area contributed by atoms with Crippen molar-refractivity contribution in [1.82, 2.24) is 15.1 Å². The van der Waals surface area contributed by atoms with Crippen LogP contribution in [0.2, 0.25) is 0 Å². The van der Waals surface area contributed by atoms with Crippen LogP contribution in [-0.4, -0.2) is 36.6 Å². The fourth-order valence-corrected chi connectivity index (χ4v) is 1.45. The Kier molecular flexibility index (Phi) is 5.82. The summed E-state index contributed by atoms with van der Waals surface area (Å²) in [5.41, 5.74) is 0. The average Bonchev–Trinajstić information content (AvgIpc) is 2.58. The van der Waals surface area contributed by atoms with Crippen LogP contribution < -0.4 is 5.32 Å². The summed E-state index contributed by atoms with van der Waals surface area (Å²) in [5, 5.41) is 7.45. The van der Waals surface area contributed by atoms with Crippen LogP contribution in [0.4, 0.5) is 0 Å². The molecule has 0 aromatic carbocycles. The zero-order valence-corrected chi connectivity index (χ0v) is 9.96. The molecular formula is C9H16BrN3O. The molecule has 4 nitrogen and oxygen atoms in total. The zero-order valence-electron chi connectivity index (χ0n) is 8.37. The summed E-state index contributed by atoms with van der Waals surface area (Å²) in [5.74, 6) is 0. The van der Waals surface area contributed by atoms with Gasteiger partial charge in [0.05, 0.1) is 17.3 Å². The van der Waals surface area contributed by atoms with Crippen LogP contribution in [0.5, 0.6) is 0 Å². The Labute approximate surface area is 92.8 Å². The third kappa shape index (κ3) is 4.74. The largest absolute Gasteiger partial charge is 0.383 e. The van der Waals surface area contributed by atoms with Gasteiger partial charge in [-0.25, -0.2) is 0 Å². The minimum atomic E-state index is 0.771. The highest BCUT2D eigenvalue weighted by Crippen LogP contribution is 2.06. The van der Waals surface area contributed by atoms with Gasteiger partial charge in [-0.15, -0.1) is 0 Å². The van der Waals surface area contributed by atoms with Crippen LogP contribution in [-0.2, 0) is 11.3 Å². The molecule has 1 heterocycles. The van der Waals surface area contributed by atoms with Crippen molar-refractivity contribution < 1.29 is 4.74 Å². The van der Waals surface area contributed by atoms with E-state index in [1.807, 2.05) is 10.9 Å². The van der Waals surface area contributed by atoms with Gasteiger partial charge in [0, 0.05) is 26.4 Å². The van der Waals surface area contributed by atoms with Crippen LogP contribution in [0.1, 0.15) is 6.42 Å². The maximum atomic E-state index is 4.92. The summed E-state index contributed by atoms with van der Waals surface area (Å²) >= 11 is 3.36. The molecule has 1 rings (SSSR count). The first-order valence-electron chi connectivity index (χ1n) is 4.70. The third-order valence-corrected chi connectivity index (χ3v) is 2.23. The van der Waals surface area contributed by atoms with Crippen molar-refractivity contribution in [2.45, 2.75) is 13.0 Å². The maximum Gasteiger partial charge on any atom is 0.0632 e. The smallest absolute Gasteiger partial charge is 0.0632 e. The summed E-state index contributed by atoms with van der Waals surface area (Å²) in [6, 6.07) is 0. The second kappa shape index (κ2) is 6.98. The molecule has 0 aliphatic carbocycles. The van der Waals surface area contributed by atoms with E-state index in [9.17, 15) is 0 Å². The number of hydrogen-bond donors (Lipinski definition) is 1. The third-order valence-electron chi connectivity index (χ3n) is 1.83. The summed E-state index contributed by atoms with van der Waals surface area (Å²) in [6.07, 6.45) is 4.87. The van der Waals surface area contributed by atoms with Gasteiger partial charge in [-0.1, -0.05) is 0 Å². The van der Waals surface area contributed by atoms with Crippen molar-refractivity contribution in [2.75, 3.05) is 26.8 Å². The highest BCUT2D eigenvalue weighted by Gasteiger charge is 1.94. The van der Waals surface area contributed by atoms with Gasteiger partial charge in [-0.05, 0) is 28.9 Å². The molecule has 0 aliphatic rings. The second-order valence-electron chi connectivity index (χ2n) is 3.02. The summed E-state index contributed by atoms with van der Waals surface area (Å²) < 4.78 is 7.89. The second-order valence-corrected chi connectivity index (χ2v) is 3.93. The molecule has 0 spiro atoms. The first kappa shape index (κ1) is 11.7. The number of nitrogens with one attached hydrogen (secondary N) is 1. The predicted octanol–water partition coefficient (Wildman–Crippen LogP) is 1.27. The highest BCUT2D eigenvalue weighted by atomic mass is 79.9. The van der Waals surface area contributed by atoms with E-state index >= 15 is 0 Å². The minimum absolute atomic E-state index is 0.771. The van der Waals surface area contributed by atoms with E-state index in [-0.39, 0.29) is 0 Å². The standard InChI is InChI=1S/C9H16BrN3O/c1-14-6-4-11-3-2-5-13-8-9(10)7-12-13/h7-8,11H,2-6H2,1H3. The van der Waals surface area contributed by atoms with Crippen LogP contribution in [0.15, 0.2) is 16.9 Å². The Bertz CT molecular complexity index is 252. The lowest BCUT2D eigenvalue weighted by atomic mass is 10.4. The zero-order chi connectivity index (χ0) is 10.2. The van der Waals surface area contributed by atoms with Gasteiger partial charge in [0.25, 0.3) is 0 Å². The Balaban J connectivity index is 1.99. The first-order valence-corrected chi connectivity index (χ1v) is 5.50. The molecule has 0 radical (unpaired) electrons. The van der Waals surface area contributed by atoms with Gasteiger partial charge in [-0.2, -0.15) is 5.10 Å². The lowest BCUT2D eigenvalue weighted by Gasteiger charge is -2.03. The fraction of sp³-hybridized carbons (Fsp3) is 0.667. The lowest BCUT2D eigenvalue weighted by molar-refractivity contribution is 0.199. The molecule has 0 amide bonds. The van der Waals surface area contributed by atoms with Gasteiger partial charge in [0.1, 0.15) is 0 Å². The van der Waals surface area contributed by atoms with Gasteiger partial charge in [0.15, 0.2) is 0 Å². The van der Waals surface area contributed by atoms with Crippen LogP contribution in [0, 0.1) is 0 Å². The lowest BCUT2D eigenvalue weighted by Crippen LogP contribution is -2.21. The molecule has 14 heavy (non-hydrogen) atoms. The van der Waals surface area contributed by atoms with Crippen molar-refractivity contribution in [3.8, 4) is 0 Å². The number of hydrogen-bond acceptors (Lipinski definition) is 3. The van der Waals surface area contributed by atoms with E-state index in [1.54, 1.807) is 13.3 Å². The van der Waals surface area contributed by atoms with Gasteiger partial charge in [-0.3, -0.25) is 4.68 Å². The molecule has 1 N–H and O–H groups in total. The van der Waals surface area contributed by atoms with Gasteiger partial charge >= 0.3 is 0 Å². The SMILES string of the molecule is COCCNCCCn1cc(Br)cn1. The summed E-state index contributed by atoms with van der Waals surface area (Å²) in [4.78, 5) is 0. The van der Waals surface area contributed by atoms with Crippen LogP contribution in [0.25, 0.3) is 0 Å². The number of halogens is 1. The monoisotopic (exact) mass is 261 g/mol. The number of rotatable bonds is 7. The molecule has 0 saturated heterocycles. The molecule has 1 aromatic heterocycles. The molecular weight excluding hydrogens is 246 g/mol. The van der Waals surface area contributed by atoms with E-state index in [1.165, 1.54) is 0 Å². The number of nitrogens with zero attached hydrogens (tertiary/aromatic N) is 2. The number of ether oxygens (including phenoxy) is 1. The topological polar surface area (TPSA) is 39.1 Å². The van der Waals surface area contributed by atoms with E-state index in [0.29, 0.717) is 0 Å². The minimum Gasteiger partial charge on any atom is -0.383 e.